The molecule has 0 aliphatic carbocycles. The maximum absolute atomic E-state index is 11.6. The third kappa shape index (κ3) is 6.89. The summed E-state index contributed by atoms with van der Waals surface area (Å²) in [7, 11) is 0. The molecule has 0 saturated carbocycles. The first-order valence-corrected chi connectivity index (χ1v) is 12.0. The molecule has 1 aliphatic rings. The van der Waals surface area contributed by atoms with Gasteiger partial charge >= 0.3 is 5.97 Å². The lowest BCUT2D eigenvalue weighted by Crippen LogP contribution is -2.34. The van der Waals surface area contributed by atoms with Crippen LogP contribution >= 0.6 is 0 Å². The Morgan fingerprint density at radius 2 is 1.41 bits per heavy atom. The molecule has 0 aromatic heterocycles. The summed E-state index contributed by atoms with van der Waals surface area (Å²) in [5.41, 5.74) is 4.82. The molecule has 0 spiro atoms. The van der Waals surface area contributed by atoms with Crippen molar-refractivity contribution in [2.45, 2.75) is 32.0 Å². The fraction of sp³-hybridized carbons (Fsp3) is 0.300. The molecule has 0 fully saturated rings. The molecule has 34 heavy (non-hydrogen) atoms. The number of hydrogen-bond donors (Lipinski definition) is 0. The van der Waals surface area contributed by atoms with E-state index in [1.165, 1.54) is 23.6 Å². The number of rotatable bonds is 10. The minimum Gasteiger partial charge on any atom is -0.456 e. The van der Waals surface area contributed by atoms with Gasteiger partial charge in [-0.15, -0.1) is 0 Å². The Hall–Kier alpha value is -3.21. The van der Waals surface area contributed by atoms with Crippen LogP contribution in [0.15, 0.2) is 103 Å². The zero-order chi connectivity index (χ0) is 23.6. The summed E-state index contributed by atoms with van der Waals surface area (Å²) in [6.07, 6.45) is 3.94. The average molecular weight is 456 g/mol. The highest BCUT2D eigenvalue weighted by molar-refractivity contribution is 5.66. The SMILES string of the molecule is CC(=O)O[C@@H](CN1CC=C(CCOC(c2ccccc2)c2ccccc2)CC1)c1ccccc1. The number of hydrogen-bond acceptors (Lipinski definition) is 4. The number of nitrogens with zero attached hydrogens (tertiary/aromatic N) is 1. The van der Waals surface area contributed by atoms with Crippen molar-refractivity contribution >= 4 is 5.97 Å². The summed E-state index contributed by atoms with van der Waals surface area (Å²) in [6, 6.07) is 30.8. The highest BCUT2D eigenvalue weighted by atomic mass is 16.5. The highest BCUT2D eigenvalue weighted by Gasteiger charge is 2.21. The summed E-state index contributed by atoms with van der Waals surface area (Å²) in [4.78, 5) is 14.0. The van der Waals surface area contributed by atoms with E-state index in [1.807, 2.05) is 42.5 Å². The van der Waals surface area contributed by atoms with Crippen LogP contribution in [0.2, 0.25) is 0 Å². The molecular formula is C30H33NO3. The third-order valence-electron chi connectivity index (χ3n) is 6.20. The van der Waals surface area contributed by atoms with Gasteiger partial charge in [0.2, 0.25) is 0 Å². The largest absolute Gasteiger partial charge is 0.456 e. The molecule has 3 aromatic carbocycles. The zero-order valence-corrected chi connectivity index (χ0v) is 19.8. The van der Waals surface area contributed by atoms with Crippen molar-refractivity contribution in [2.24, 2.45) is 0 Å². The van der Waals surface area contributed by atoms with Gasteiger partial charge in [0.15, 0.2) is 0 Å². The third-order valence-corrected chi connectivity index (χ3v) is 6.20. The summed E-state index contributed by atoms with van der Waals surface area (Å²) in [5.74, 6) is -0.245. The monoisotopic (exact) mass is 455 g/mol. The zero-order valence-electron chi connectivity index (χ0n) is 19.8. The van der Waals surface area contributed by atoms with Gasteiger partial charge in [-0.05, 0) is 29.5 Å². The summed E-state index contributed by atoms with van der Waals surface area (Å²) < 4.78 is 12.0. The smallest absolute Gasteiger partial charge is 0.303 e. The first-order valence-electron chi connectivity index (χ1n) is 12.0. The van der Waals surface area contributed by atoms with E-state index in [-0.39, 0.29) is 18.2 Å². The summed E-state index contributed by atoms with van der Waals surface area (Å²) in [5, 5.41) is 0. The Morgan fingerprint density at radius 3 is 1.91 bits per heavy atom. The van der Waals surface area contributed by atoms with Crippen molar-refractivity contribution in [3.05, 3.63) is 119 Å². The standard InChI is InChI=1S/C30H33NO3/c1-24(32)34-29(26-11-5-2-6-12-26)23-31-20-17-25(18-21-31)19-22-33-30(27-13-7-3-8-14-27)28-15-9-4-10-16-28/h2-17,29-30H,18-23H2,1H3/t29-/m0/s1. The van der Waals surface area contributed by atoms with Crippen LogP contribution in [0.4, 0.5) is 0 Å². The second-order valence-electron chi connectivity index (χ2n) is 8.70. The van der Waals surface area contributed by atoms with Gasteiger partial charge < -0.3 is 9.47 Å². The number of carbonyl (C=O) groups is 1. The van der Waals surface area contributed by atoms with Crippen LogP contribution in [0.1, 0.15) is 48.7 Å². The lowest BCUT2D eigenvalue weighted by Gasteiger charge is -2.30. The molecule has 0 unspecified atom stereocenters. The molecule has 4 heteroatoms. The van der Waals surface area contributed by atoms with E-state index >= 15 is 0 Å². The van der Waals surface area contributed by atoms with Crippen molar-refractivity contribution < 1.29 is 14.3 Å². The van der Waals surface area contributed by atoms with Crippen LogP contribution in [0.5, 0.6) is 0 Å². The van der Waals surface area contributed by atoms with E-state index in [9.17, 15) is 4.79 Å². The van der Waals surface area contributed by atoms with Crippen molar-refractivity contribution in [2.75, 3.05) is 26.2 Å². The number of benzene rings is 3. The van der Waals surface area contributed by atoms with Crippen LogP contribution < -0.4 is 0 Å². The Morgan fingerprint density at radius 1 is 0.853 bits per heavy atom. The van der Waals surface area contributed by atoms with Crippen molar-refractivity contribution in [1.82, 2.24) is 4.90 Å². The molecule has 0 radical (unpaired) electrons. The predicted octanol–water partition coefficient (Wildman–Crippen LogP) is 6.12. The highest BCUT2D eigenvalue weighted by Crippen LogP contribution is 2.27. The van der Waals surface area contributed by atoms with Gasteiger partial charge in [-0.1, -0.05) is 103 Å². The molecule has 0 amide bonds. The van der Waals surface area contributed by atoms with Gasteiger partial charge in [-0.25, -0.2) is 0 Å². The van der Waals surface area contributed by atoms with Gasteiger partial charge in [0.1, 0.15) is 12.2 Å². The molecule has 1 atom stereocenters. The van der Waals surface area contributed by atoms with Crippen LogP contribution in [-0.4, -0.2) is 37.1 Å². The Bertz CT molecular complexity index is 1010. The minimum atomic E-state index is -0.245. The van der Waals surface area contributed by atoms with E-state index < -0.39 is 0 Å². The van der Waals surface area contributed by atoms with E-state index in [4.69, 9.17) is 9.47 Å². The van der Waals surface area contributed by atoms with Crippen LogP contribution in [0, 0.1) is 0 Å². The van der Waals surface area contributed by atoms with Crippen LogP contribution in [0.25, 0.3) is 0 Å². The van der Waals surface area contributed by atoms with Gasteiger partial charge in [0.05, 0.1) is 6.61 Å². The maximum atomic E-state index is 11.6. The summed E-state index contributed by atoms with van der Waals surface area (Å²) in [6.45, 7) is 4.68. The minimum absolute atomic E-state index is 0.0570. The van der Waals surface area contributed by atoms with Gasteiger partial charge in [-0.3, -0.25) is 9.69 Å². The number of carbonyl (C=O) groups excluding carboxylic acids is 1. The Labute approximate surface area is 202 Å². The van der Waals surface area contributed by atoms with E-state index in [2.05, 4.69) is 59.5 Å². The molecular weight excluding hydrogens is 422 g/mol. The predicted molar refractivity (Wildman–Crippen MR) is 135 cm³/mol. The molecule has 1 heterocycles. The fourth-order valence-electron chi connectivity index (χ4n) is 4.41. The quantitative estimate of drug-likeness (QED) is 0.273. The topological polar surface area (TPSA) is 38.8 Å². The van der Waals surface area contributed by atoms with Gasteiger partial charge in [-0.2, -0.15) is 0 Å². The molecule has 0 N–H and O–H groups in total. The molecule has 4 nitrogen and oxygen atoms in total. The van der Waals surface area contributed by atoms with Gasteiger partial charge in [0.25, 0.3) is 0 Å². The maximum Gasteiger partial charge on any atom is 0.303 e. The fourth-order valence-corrected chi connectivity index (χ4v) is 4.41. The first kappa shape index (κ1) is 23.9. The van der Waals surface area contributed by atoms with Crippen molar-refractivity contribution in [1.29, 1.82) is 0 Å². The molecule has 1 aliphatic heterocycles. The van der Waals surface area contributed by atoms with Gasteiger partial charge in [0, 0.05) is 26.6 Å². The molecule has 0 bridgehead atoms. The first-order chi connectivity index (χ1) is 16.7. The number of ether oxygens (including phenoxy) is 2. The second kappa shape index (κ2) is 12.3. The lowest BCUT2D eigenvalue weighted by molar-refractivity contribution is -0.147. The van der Waals surface area contributed by atoms with Crippen molar-refractivity contribution in [3.8, 4) is 0 Å². The molecule has 4 rings (SSSR count). The Kier molecular flexibility index (Phi) is 8.66. The van der Waals surface area contributed by atoms with E-state index in [1.54, 1.807) is 0 Å². The van der Waals surface area contributed by atoms with E-state index in [0.717, 1.165) is 31.5 Å². The van der Waals surface area contributed by atoms with Crippen molar-refractivity contribution in [3.63, 3.8) is 0 Å². The molecule has 0 saturated heterocycles. The van der Waals surface area contributed by atoms with E-state index in [0.29, 0.717) is 13.2 Å². The second-order valence-corrected chi connectivity index (χ2v) is 8.70. The number of esters is 1. The lowest BCUT2D eigenvalue weighted by atomic mass is 10.0. The Balaban J connectivity index is 1.31. The van der Waals surface area contributed by atoms with Crippen LogP contribution in [0.3, 0.4) is 0 Å². The normalized spacial score (nSPS) is 15.1. The molecule has 3 aromatic rings. The average Bonchev–Trinajstić information content (AvgIpc) is 2.88. The van der Waals surface area contributed by atoms with Crippen LogP contribution in [-0.2, 0) is 14.3 Å². The molecule has 176 valence electrons. The summed E-state index contributed by atoms with van der Waals surface area (Å²) >= 11 is 0.